The number of benzene rings is 1. The number of likely N-dealkylation sites (tertiary alicyclic amines) is 1. The van der Waals surface area contributed by atoms with Gasteiger partial charge in [-0.05, 0) is 43.7 Å². The number of para-hydroxylation sites is 1. The Labute approximate surface area is 144 Å². The zero-order valence-electron chi connectivity index (χ0n) is 14.4. The fraction of sp³-hybridized carbons (Fsp3) is 0.550. The largest absolute Gasteiger partial charge is 0.378 e. The number of anilines is 1. The van der Waals surface area contributed by atoms with Crippen LogP contribution in [0.4, 0.5) is 5.69 Å². The monoisotopic (exact) mass is 326 g/mol. The Morgan fingerprint density at radius 3 is 2.71 bits per heavy atom. The smallest absolute Gasteiger partial charge is 0.255 e. The van der Waals surface area contributed by atoms with Crippen LogP contribution in [0.1, 0.15) is 30.1 Å². The van der Waals surface area contributed by atoms with Crippen molar-refractivity contribution < 1.29 is 9.53 Å². The highest BCUT2D eigenvalue weighted by Crippen LogP contribution is 2.36. The van der Waals surface area contributed by atoms with E-state index in [-0.39, 0.29) is 5.91 Å². The third-order valence-corrected chi connectivity index (χ3v) is 5.70. The molecule has 2 heterocycles. The van der Waals surface area contributed by atoms with Gasteiger partial charge in [0.25, 0.3) is 5.91 Å². The van der Waals surface area contributed by atoms with Gasteiger partial charge in [0.15, 0.2) is 0 Å². The van der Waals surface area contributed by atoms with Crippen LogP contribution in [0.5, 0.6) is 0 Å². The lowest BCUT2D eigenvalue weighted by Crippen LogP contribution is -2.38. The van der Waals surface area contributed by atoms with Gasteiger partial charge in [-0.1, -0.05) is 23.8 Å². The molecule has 4 heteroatoms. The lowest BCUT2D eigenvalue weighted by atomic mass is 9.83. The summed E-state index contributed by atoms with van der Waals surface area (Å²) < 4.78 is 5.45. The van der Waals surface area contributed by atoms with Crippen LogP contribution in [-0.4, -0.2) is 50.2 Å². The molecule has 0 spiro atoms. The Kier molecular flexibility index (Phi) is 4.31. The third-order valence-electron chi connectivity index (χ3n) is 5.70. The number of carbonyl (C=O) groups excluding carboxylic acids is 1. The quantitative estimate of drug-likeness (QED) is 0.784. The molecule has 2 fully saturated rings. The van der Waals surface area contributed by atoms with Crippen molar-refractivity contribution in [2.75, 3.05) is 44.3 Å². The predicted octanol–water partition coefficient (Wildman–Crippen LogP) is 2.95. The molecule has 2 atom stereocenters. The van der Waals surface area contributed by atoms with Crippen molar-refractivity contribution in [3.8, 4) is 0 Å². The van der Waals surface area contributed by atoms with E-state index in [1.165, 1.54) is 5.57 Å². The van der Waals surface area contributed by atoms with Gasteiger partial charge in [-0.25, -0.2) is 0 Å². The van der Waals surface area contributed by atoms with Crippen LogP contribution in [0.3, 0.4) is 0 Å². The summed E-state index contributed by atoms with van der Waals surface area (Å²) in [7, 11) is 0. The Balaban J connectivity index is 1.53. The highest BCUT2D eigenvalue weighted by Gasteiger charge is 2.37. The molecule has 0 unspecified atom stereocenters. The van der Waals surface area contributed by atoms with Gasteiger partial charge in [0.1, 0.15) is 0 Å². The normalized spacial score (nSPS) is 27.0. The Bertz CT molecular complexity index is 649. The molecule has 1 aromatic rings. The van der Waals surface area contributed by atoms with Crippen molar-refractivity contribution in [3.05, 3.63) is 41.5 Å². The number of amides is 1. The second-order valence-electron chi connectivity index (χ2n) is 7.34. The molecule has 4 nitrogen and oxygen atoms in total. The maximum Gasteiger partial charge on any atom is 0.255 e. The van der Waals surface area contributed by atoms with Gasteiger partial charge in [0.05, 0.1) is 18.8 Å². The maximum atomic E-state index is 13.2. The number of carbonyl (C=O) groups is 1. The molecule has 24 heavy (non-hydrogen) atoms. The highest BCUT2D eigenvalue weighted by molar-refractivity contribution is 6.00. The van der Waals surface area contributed by atoms with Gasteiger partial charge in [-0.3, -0.25) is 4.79 Å². The maximum absolute atomic E-state index is 13.2. The SMILES string of the molecule is CC1=CC[C@@H]2CN(C(=O)c3ccccc3N3CCOCC3)C[C@@H]2C1. The van der Waals surface area contributed by atoms with Crippen molar-refractivity contribution in [2.24, 2.45) is 11.8 Å². The molecule has 4 rings (SSSR count). The van der Waals surface area contributed by atoms with Gasteiger partial charge in [-0.2, -0.15) is 0 Å². The molecule has 2 saturated heterocycles. The summed E-state index contributed by atoms with van der Waals surface area (Å²) >= 11 is 0. The van der Waals surface area contributed by atoms with Gasteiger partial charge in [0, 0.05) is 31.9 Å². The van der Waals surface area contributed by atoms with Crippen molar-refractivity contribution >= 4 is 11.6 Å². The summed E-state index contributed by atoms with van der Waals surface area (Å²) in [5.41, 5.74) is 3.40. The van der Waals surface area contributed by atoms with E-state index in [1.807, 2.05) is 18.2 Å². The standard InChI is InChI=1S/C20H26N2O2/c1-15-6-7-16-13-22(14-17(16)12-15)20(23)18-4-2-3-5-19(18)21-8-10-24-11-9-21/h2-6,16-17H,7-14H2,1H3/t16-,17+/m1/s1. The minimum atomic E-state index is 0.198. The van der Waals surface area contributed by atoms with Crippen molar-refractivity contribution in [1.29, 1.82) is 0 Å². The third kappa shape index (κ3) is 2.95. The first kappa shape index (κ1) is 15.7. The number of rotatable bonds is 2. The number of nitrogens with zero attached hydrogens (tertiary/aromatic N) is 2. The number of ether oxygens (including phenoxy) is 1. The minimum Gasteiger partial charge on any atom is -0.378 e. The van der Waals surface area contributed by atoms with E-state index in [9.17, 15) is 4.79 Å². The second-order valence-corrected chi connectivity index (χ2v) is 7.34. The lowest BCUT2D eigenvalue weighted by Gasteiger charge is -2.31. The number of allylic oxidation sites excluding steroid dienone is 2. The summed E-state index contributed by atoms with van der Waals surface area (Å²) in [5.74, 6) is 1.49. The Morgan fingerprint density at radius 2 is 1.88 bits per heavy atom. The Hall–Kier alpha value is -1.81. The van der Waals surface area contributed by atoms with Gasteiger partial charge >= 0.3 is 0 Å². The second kappa shape index (κ2) is 6.60. The summed E-state index contributed by atoms with van der Waals surface area (Å²) in [6.07, 6.45) is 4.64. The molecule has 2 aliphatic heterocycles. The fourth-order valence-corrected chi connectivity index (χ4v) is 4.36. The highest BCUT2D eigenvalue weighted by atomic mass is 16.5. The molecule has 0 bridgehead atoms. The van der Waals surface area contributed by atoms with E-state index in [2.05, 4.69) is 28.9 Å². The topological polar surface area (TPSA) is 32.8 Å². The van der Waals surface area contributed by atoms with E-state index in [0.717, 1.165) is 63.5 Å². The minimum absolute atomic E-state index is 0.198. The first-order valence-electron chi connectivity index (χ1n) is 9.09. The molecule has 1 aromatic carbocycles. The molecule has 1 amide bonds. The Morgan fingerprint density at radius 1 is 1.12 bits per heavy atom. The average molecular weight is 326 g/mol. The molecule has 128 valence electrons. The molecular weight excluding hydrogens is 300 g/mol. The van der Waals surface area contributed by atoms with Crippen molar-refractivity contribution in [3.63, 3.8) is 0 Å². The molecule has 3 aliphatic rings. The average Bonchev–Trinajstić information content (AvgIpc) is 3.05. The number of hydrogen-bond acceptors (Lipinski definition) is 3. The fourth-order valence-electron chi connectivity index (χ4n) is 4.36. The summed E-state index contributed by atoms with van der Waals surface area (Å²) in [4.78, 5) is 17.6. The van der Waals surface area contributed by atoms with Crippen LogP contribution in [0.15, 0.2) is 35.9 Å². The summed E-state index contributed by atoms with van der Waals surface area (Å²) in [6, 6.07) is 8.07. The summed E-state index contributed by atoms with van der Waals surface area (Å²) in [5, 5.41) is 0. The molecule has 0 radical (unpaired) electrons. The van der Waals surface area contributed by atoms with E-state index in [0.29, 0.717) is 11.8 Å². The van der Waals surface area contributed by atoms with E-state index >= 15 is 0 Å². The van der Waals surface area contributed by atoms with Gasteiger partial charge in [0.2, 0.25) is 0 Å². The first-order valence-corrected chi connectivity index (χ1v) is 9.09. The number of fused-ring (bicyclic) bond motifs is 1. The van der Waals surface area contributed by atoms with Gasteiger partial charge in [-0.15, -0.1) is 0 Å². The number of hydrogen-bond donors (Lipinski definition) is 0. The van der Waals surface area contributed by atoms with Gasteiger partial charge < -0.3 is 14.5 Å². The predicted molar refractivity (Wildman–Crippen MR) is 95.3 cm³/mol. The molecule has 0 saturated carbocycles. The molecule has 0 N–H and O–H groups in total. The van der Waals surface area contributed by atoms with Crippen LogP contribution in [-0.2, 0) is 4.74 Å². The van der Waals surface area contributed by atoms with Crippen LogP contribution in [0.2, 0.25) is 0 Å². The van der Waals surface area contributed by atoms with E-state index in [1.54, 1.807) is 0 Å². The lowest BCUT2D eigenvalue weighted by molar-refractivity contribution is 0.0783. The van der Waals surface area contributed by atoms with Crippen LogP contribution in [0.25, 0.3) is 0 Å². The zero-order chi connectivity index (χ0) is 16.5. The molecule has 1 aliphatic carbocycles. The molecular formula is C20H26N2O2. The number of morpholine rings is 1. The molecule has 0 aromatic heterocycles. The van der Waals surface area contributed by atoms with E-state index in [4.69, 9.17) is 4.74 Å². The zero-order valence-corrected chi connectivity index (χ0v) is 14.4. The van der Waals surface area contributed by atoms with Crippen molar-refractivity contribution in [1.82, 2.24) is 4.90 Å². The first-order chi connectivity index (χ1) is 11.7. The van der Waals surface area contributed by atoms with Crippen LogP contribution >= 0.6 is 0 Å². The summed E-state index contributed by atoms with van der Waals surface area (Å²) in [6.45, 7) is 7.23. The van der Waals surface area contributed by atoms with Crippen LogP contribution < -0.4 is 4.90 Å². The van der Waals surface area contributed by atoms with Crippen molar-refractivity contribution in [2.45, 2.75) is 19.8 Å². The van der Waals surface area contributed by atoms with Crippen LogP contribution in [0, 0.1) is 11.8 Å². The van der Waals surface area contributed by atoms with E-state index < -0.39 is 0 Å².